The summed E-state index contributed by atoms with van der Waals surface area (Å²) in [7, 11) is 0. The molecule has 0 spiro atoms. The van der Waals surface area contributed by atoms with Crippen molar-refractivity contribution in [1.82, 2.24) is 24.8 Å². The summed E-state index contributed by atoms with van der Waals surface area (Å²) in [6, 6.07) is 0.286. The van der Waals surface area contributed by atoms with Crippen LogP contribution in [0.5, 0.6) is 0 Å². The first kappa shape index (κ1) is 21.1. The molecule has 164 valence electrons. The van der Waals surface area contributed by atoms with E-state index in [4.69, 9.17) is 26.4 Å². The van der Waals surface area contributed by atoms with Gasteiger partial charge in [0.25, 0.3) is 5.17 Å². The first-order chi connectivity index (χ1) is 14.4. The number of nitrogens with zero attached hydrogens (tertiary/aromatic N) is 4. The van der Waals surface area contributed by atoms with Crippen LogP contribution in [0.4, 0.5) is 5.82 Å². The van der Waals surface area contributed by atoms with Gasteiger partial charge in [0.05, 0.1) is 19.0 Å². The lowest BCUT2D eigenvalue weighted by atomic mass is 10.1. The number of rotatable bonds is 6. The van der Waals surface area contributed by atoms with Crippen LogP contribution in [0.3, 0.4) is 0 Å². The number of aliphatic hydroxyl groups excluding tert-OH is 2. The molecule has 2 unspecified atom stereocenters. The summed E-state index contributed by atoms with van der Waals surface area (Å²) in [4.78, 5) is 13.0. The Morgan fingerprint density at radius 3 is 2.90 bits per heavy atom. The molecule has 30 heavy (non-hydrogen) atoms. The molecule has 0 bridgehead atoms. The molecule has 0 radical (unpaired) electrons. The Balaban J connectivity index is 1.48. The number of aromatic nitrogens is 4. The zero-order chi connectivity index (χ0) is 21.3. The van der Waals surface area contributed by atoms with E-state index in [9.17, 15) is 10.2 Å². The maximum atomic E-state index is 10.6. The van der Waals surface area contributed by atoms with Crippen LogP contribution < -0.4 is 10.6 Å². The Hall–Kier alpha value is -2.12. The van der Waals surface area contributed by atoms with Crippen LogP contribution in [0.25, 0.3) is 11.2 Å². The predicted molar refractivity (Wildman–Crippen MR) is 111 cm³/mol. The minimum atomic E-state index is -1.18. The third-order valence-electron chi connectivity index (χ3n) is 5.03. The van der Waals surface area contributed by atoms with Gasteiger partial charge in [-0.1, -0.05) is 0 Å². The number of anilines is 1. The van der Waals surface area contributed by atoms with Crippen molar-refractivity contribution in [3.05, 3.63) is 12.7 Å². The van der Waals surface area contributed by atoms with Gasteiger partial charge in [0.15, 0.2) is 23.2 Å². The Labute approximate surface area is 178 Å². The second-order valence-electron chi connectivity index (χ2n) is 7.69. The topological polar surface area (TPSA) is 136 Å². The maximum absolute atomic E-state index is 10.6. The minimum absolute atomic E-state index is 0.00335. The fourth-order valence-corrected chi connectivity index (χ4v) is 3.82. The smallest absolute Gasteiger partial charge is 0.256 e. The summed E-state index contributed by atoms with van der Waals surface area (Å²) in [5.41, 5.74) is 1.04. The summed E-state index contributed by atoms with van der Waals surface area (Å²) in [6.45, 7) is 5.19. The lowest BCUT2D eigenvalue weighted by molar-refractivity contribution is -0.0491. The number of hydrogen-bond donors (Lipinski definition) is 4. The van der Waals surface area contributed by atoms with E-state index in [0.29, 0.717) is 30.2 Å². The third kappa shape index (κ3) is 4.32. The number of fused-ring (bicyclic) bond motifs is 1. The highest BCUT2D eigenvalue weighted by atomic mass is 32.1. The van der Waals surface area contributed by atoms with Crippen LogP contribution in [-0.4, -0.2) is 85.1 Å². The lowest BCUT2D eigenvalue weighted by Crippen LogP contribution is -2.37. The molecule has 4 N–H and O–H groups in total. The van der Waals surface area contributed by atoms with Crippen molar-refractivity contribution in [2.45, 2.75) is 56.9 Å². The first-order valence-corrected chi connectivity index (χ1v) is 10.3. The molecule has 4 heterocycles. The molecular weight excluding hydrogens is 412 g/mol. The molecule has 2 aromatic heterocycles. The zero-order valence-corrected chi connectivity index (χ0v) is 17.6. The predicted octanol–water partition coefficient (Wildman–Crippen LogP) is -0.0542. The van der Waals surface area contributed by atoms with Gasteiger partial charge in [-0.3, -0.25) is 4.57 Å². The molecule has 0 amide bonds. The SMILES string of the molecule is CC(C)NC(=S)OC[C@H]1OC(n2cnc3c(NC4CCOC4)ncnc32)[C@H](O)[C@@H]1O. The van der Waals surface area contributed by atoms with Crippen molar-refractivity contribution in [2.24, 2.45) is 0 Å². The Kier molecular flexibility index (Phi) is 6.29. The third-order valence-corrected chi connectivity index (χ3v) is 5.26. The van der Waals surface area contributed by atoms with E-state index in [1.807, 2.05) is 13.8 Å². The monoisotopic (exact) mass is 438 g/mol. The summed E-state index contributed by atoms with van der Waals surface area (Å²) in [5.74, 6) is 0.590. The quantitative estimate of drug-likeness (QED) is 0.452. The van der Waals surface area contributed by atoms with Gasteiger partial charge in [-0.05, 0) is 32.5 Å². The van der Waals surface area contributed by atoms with Gasteiger partial charge >= 0.3 is 0 Å². The van der Waals surface area contributed by atoms with E-state index < -0.39 is 24.5 Å². The van der Waals surface area contributed by atoms with E-state index in [1.165, 1.54) is 12.7 Å². The zero-order valence-electron chi connectivity index (χ0n) is 16.8. The number of hydrogen-bond acceptors (Lipinski definition) is 10. The fraction of sp³-hybridized carbons (Fsp3) is 0.667. The fourth-order valence-electron chi connectivity index (χ4n) is 3.52. The van der Waals surface area contributed by atoms with E-state index in [2.05, 4.69) is 25.6 Å². The number of thiocarbonyl (C=S) groups is 1. The molecule has 2 aromatic rings. The second kappa shape index (κ2) is 8.94. The number of imidazole rings is 1. The van der Waals surface area contributed by atoms with E-state index in [0.717, 1.165) is 6.42 Å². The van der Waals surface area contributed by atoms with Gasteiger partial charge in [-0.2, -0.15) is 0 Å². The lowest BCUT2D eigenvalue weighted by Gasteiger charge is -2.18. The molecule has 5 atom stereocenters. The second-order valence-corrected chi connectivity index (χ2v) is 8.07. The standard InChI is InChI=1S/C18H26N6O5S/c1-9(2)22-18(30)28-6-11-13(25)14(26)17(29-11)24-8-21-12-15(19-7-20-16(12)24)23-10-3-4-27-5-10/h7-11,13-14,17,25-26H,3-6H2,1-2H3,(H,22,30)(H,19,20,23)/t10?,11-,13-,14-,17?/m1/s1. The van der Waals surface area contributed by atoms with E-state index in [-0.39, 0.29) is 23.9 Å². The van der Waals surface area contributed by atoms with E-state index in [1.54, 1.807) is 4.57 Å². The number of ether oxygens (including phenoxy) is 3. The van der Waals surface area contributed by atoms with Crippen LogP contribution in [0, 0.1) is 0 Å². The van der Waals surface area contributed by atoms with Crippen molar-refractivity contribution >= 4 is 34.4 Å². The molecule has 2 fully saturated rings. The molecule has 11 nitrogen and oxygen atoms in total. The van der Waals surface area contributed by atoms with Crippen LogP contribution >= 0.6 is 12.2 Å². The average molecular weight is 439 g/mol. The normalized spacial score (nSPS) is 28.9. The molecule has 12 heteroatoms. The minimum Gasteiger partial charge on any atom is -0.468 e. The highest BCUT2D eigenvalue weighted by Crippen LogP contribution is 2.32. The van der Waals surface area contributed by atoms with Crippen LogP contribution in [-0.2, 0) is 14.2 Å². The van der Waals surface area contributed by atoms with Gasteiger partial charge in [0, 0.05) is 12.6 Å². The molecule has 0 saturated carbocycles. The molecule has 2 saturated heterocycles. The molecular formula is C18H26N6O5S. The van der Waals surface area contributed by atoms with Crippen LogP contribution in [0.2, 0.25) is 0 Å². The number of nitrogens with one attached hydrogen (secondary N) is 2. The Morgan fingerprint density at radius 1 is 1.33 bits per heavy atom. The highest BCUT2D eigenvalue weighted by molar-refractivity contribution is 7.80. The van der Waals surface area contributed by atoms with Gasteiger partial charge in [0.1, 0.15) is 31.2 Å². The molecule has 4 rings (SSSR count). The van der Waals surface area contributed by atoms with Crippen molar-refractivity contribution < 1.29 is 24.4 Å². The Bertz CT molecular complexity index is 889. The van der Waals surface area contributed by atoms with E-state index >= 15 is 0 Å². The summed E-state index contributed by atoms with van der Waals surface area (Å²) < 4.78 is 18.3. The van der Waals surface area contributed by atoms with Gasteiger partial charge < -0.3 is 35.1 Å². The maximum Gasteiger partial charge on any atom is 0.256 e. The largest absolute Gasteiger partial charge is 0.468 e. The summed E-state index contributed by atoms with van der Waals surface area (Å²) in [5, 5.41) is 27.5. The van der Waals surface area contributed by atoms with Crippen molar-refractivity contribution in [3.8, 4) is 0 Å². The summed E-state index contributed by atoms with van der Waals surface area (Å²) >= 11 is 5.10. The average Bonchev–Trinajstić information content (AvgIpc) is 3.42. The number of aliphatic hydroxyl groups is 2. The van der Waals surface area contributed by atoms with Crippen LogP contribution in [0.1, 0.15) is 26.5 Å². The molecule has 2 aliphatic rings. The van der Waals surface area contributed by atoms with Gasteiger partial charge in [-0.25, -0.2) is 15.0 Å². The van der Waals surface area contributed by atoms with Gasteiger partial charge in [-0.15, -0.1) is 0 Å². The summed E-state index contributed by atoms with van der Waals surface area (Å²) in [6.07, 6.45) is -0.135. The first-order valence-electron chi connectivity index (χ1n) is 9.90. The van der Waals surface area contributed by atoms with Crippen molar-refractivity contribution in [2.75, 3.05) is 25.1 Å². The molecule has 2 aliphatic heterocycles. The molecule has 0 aliphatic carbocycles. The van der Waals surface area contributed by atoms with Gasteiger partial charge in [0.2, 0.25) is 0 Å². The highest BCUT2D eigenvalue weighted by Gasteiger charge is 2.45. The van der Waals surface area contributed by atoms with Crippen molar-refractivity contribution in [1.29, 1.82) is 0 Å². The van der Waals surface area contributed by atoms with Crippen molar-refractivity contribution in [3.63, 3.8) is 0 Å². The molecule has 0 aromatic carbocycles. The Morgan fingerprint density at radius 2 is 2.17 bits per heavy atom. The van der Waals surface area contributed by atoms with Crippen LogP contribution in [0.15, 0.2) is 12.7 Å².